The molecule has 1 saturated heterocycles. The number of halogens is 1. The Hall–Kier alpha value is -1.91. The molecule has 1 amide bonds. The smallest absolute Gasteiger partial charge is 0.399 e. The first-order chi connectivity index (χ1) is 7.66. The molecule has 0 aliphatic carbocycles. The molecule has 0 aromatic heterocycles. The Morgan fingerprint density at radius 1 is 1.38 bits per heavy atom. The molecule has 4 nitrogen and oxygen atoms in total. The molecule has 0 spiro atoms. The fraction of sp³-hybridized carbons (Fsp3) is 0.273. The van der Waals surface area contributed by atoms with Crippen LogP contribution in [0.5, 0.6) is 0 Å². The number of rotatable bonds is 0. The Morgan fingerprint density at radius 3 is 3.00 bits per heavy atom. The Balaban J connectivity index is 2.08. The lowest BCUT2D eigenvalue weighted by molar-refractivity contribution is -0.149. The molecule has 1 atom stereocenters. The average Bonchev–Trinajstić information content (AvgIpc) is 2.55. The molecule has 1 unspecified atom stereocenters. The van der Waals surface area contributed by atoms with E-state index in [0.29, 0.717) is 18.5 Å². The van der Waals surface area contributed by atoms with Gasteiger partial charge in [0, 0.05) is 12.1 Å². The van der Waals surface area contributed by atoms with E-state index in [2.05, 4.69) is 0 Å². The molecule has 0 bridgehead atoms. The number of amides is 1. The maximum atomic E-state index is 13.0. The van der Waals surface area contributed by atoms with Crippen LogP contribution in [-0.2, 0) is 20.7 Å². The number of ether oxygens (including phenoxy) is 1. The topological polar surface area (TPSA) is 46.6 Å². The lowest BCUT2D eigenvalue weighted by Gasteiger charge is -2.28. The first kappa shape index (κ1) is 9.33. The van der Waals surface area contributed by atoms with Gasteiger partial charge in [0.05, 0.1) is 0 Å². The minimum Gasteiger partial charge on any atom is -0.430 e. The molecule has 3 rings (SSSR count). The van der Waals surface area contributed by atoms with E-state index in [4.69, 9.17) is 4.74 Å². The predicted molar refractivity (Wildman–Crippen MR) is 50.7 cm³/mol. The second-order valence-corrected chi connectivity index (χ2v) is 3.85. The third-order valence-electron chi connectivity index (χ3n) is 2.93. The van der Waals surface area contributed by atoms with Gasteiger partial charge in [-0.25, -0.2) is 9.18 Å². The number of fused-ring (bicyclic) bond motifs is 3. The van der Waals surface area contributed by atoms with Gasteiger partial charge in [0.1, 0.15) is 5.82 Å². The van der Waals surface area contributed by atoms with E-state index in [9.17, 15) is 14.0 Å². The van der Waals surface area contributed by atoms with E-state index in [-0.39, 0.29) is 5.82 Å². The summed E-state index contributed by atoms with van der Waals surface area (Å²) < 4.78 is 18.0. The van der Waals surface area contributed by atoms with E-state index in [1.165, 1.54) is 17.0 Å². The molecule has 1 fully saturated rings. The van der Waals surface area contributed by atoms with Gasteiger partial charge in [-0.3, -0.25) is 9.69 Å². The molecule has 16 heavy (non-hydrogen) atoms. The van der Waals surface area contributed by atoms with Crippen molar-refractivity contribution in [1.29, 1.82) is 0 Å². The summed E-state index contributed by atoms with van der Waals surface area (Å²) in [6.07, 6.45) is -0.115. The van der Waals surface area contributed by atoms with Crippen molar-refractivity contribution in [3.63, 3.8) is 0 Å². The first-order valence-corrected chi connectivity index (χ1v) is 4.97. The molecule has 2 aliphatic heterocycles. The van der Waals surface area contributed by atoms with Crippen molar-refractivity contribution >= 4 is 11.9 Å². The van der Waals surface area contributed by atoms with Crippen LogP contribution in [0, 0.1) is 5.82 Å². The monoisotopic (exact) mass is 221 g/mol. The molecular formula is C11H8FNO3. The fourth-order valence-corrected chi connectivity index (χ4v) is 2.16. The third kappa shape index (κ3) is 1.14. The highest BCUT2D eigenvalue weighted by atomic mass is 19.1. The molecule has 5 heteroatoms. The van der Waals surface area contributed by atoms with Crippen LogP contribution >= 0.6 is 0 Å². The van der Waals surface area contributed by atoms with Gasteiger partial charge in [-0.2, -0.15) is 0 Å². The minimum atomic E-state index is -0.831. The van der Waals surface area contributed by atoms with Crippen molar-refractivity contribution < 1.29 is 18.7 Å². The number of carbonyl (C=O) groups excluding carboxylic acids is 2. The van der Waals surface area contributed by atoms with Gasteiger partial charge in [0.25, 0.3) is 0 Å². The molecule has 1 aromatic carbocycles. The molecular weight excluding hydrogens is 213 g/mol. The van der Waals surface area contributed by atoms with Crippen LogP contribution in [0.25, 0.3) is 0 Å². The zero-order valence-electron chi connectivity index (χ0n) is 8.27. The maximum Gasteiger partial charge on any atom is 0.399 e. The maximum absolute atomic E-state index is 13.0. The SMILES string of the molecule is O=C1OC2c3ccc(F)cc3CCN2C1=O. The van der Waals surface area contributed by atoms with Crippen LogP contribution in [0.1, 0.15) is 17.4 Å². The summed E-state index contributed by atoms with van der Waals surface area (Å²) >= 11 is 0. The lowest BCUT2D eigenvalue weighted by atomic mass is 9.98. The van der Waals surface area contributed by atoms with Gasteiger partial charge in [0.15, 0.2) is 0 Å². The number of benzene rings is 1. The largest absolute Gasteiger partial charge is 0.430 e. The van der Waals surface area contributed by atoms with Crippen LogP contribution in [0.2, 0.25) is 0 Å². The highest BCUT2D eigenvalue weighted by molar-refractivity contribution is 6.34. The Kier molecular flexibility index (Phi) is 1.77. The van der Waals surface area contributed by atoms with E-state index >= 15 is 0 Å². The number of carbonyl (C=O) groups is 2. The predicted octanol–water partition coefficient (Wildman–Crippen LogP) is 0.766. The number of hydrogen-bond donors (Lipinski definition) is 0. The summed E-state index contributed by atoms with van der Waals surface area (Å²) in [5.41, 5.74) is 1.50. The van der Waals surface area contributed by atoms with Crippen molar-refractivity contribution in [1.82, 2.24) is 4.90 Å². The van der Waals surface area contributed by atoms with Gasteiger partial charge >= 0.3 is 11.9 Å². The molecule has 2 heterocycles. The lowest BCUT2D eigenvalue weighted by Crippen LogP contribution is -2.35. The molecule has 0 saturated carbocycles. The zero-order chi connectivity index (χ0) is 11.3. The summed E-state index contributed by atoms with van der Waals surface area (Å²) in [4.78, 5) is 23.9. The molecule has 1 aromatic rings. The molecule has 0 radical (unpaired) electrons. The third-order valence-corrected chi connectivity index (χ3v) is 2.93. The van der Waals surface area contributed by atoms with Crippen molar-refractivity contribution in [2.75, 3.05) is 6.54 Å². The van der Waals surface area contributed by atoms with Crippen LogP contribution in [0.3, 0.4) is 0 Å². The van der Waals surface area contributed by atoms with Crippen LogP contribution in [0.15, 0.2) is 18.2 Å². The summed E-state index contributed by atoms with van der Waals surface area (Å²) in [7, 11) is 0. The number of esters is 1. The van der Waals surface area contributed by atoms with Crippen LogP contribution < -0.4 is 0 Å². The number of nitrogens with zero attached hydrogens (tertiary/aromatic N) is 1. The van der Waals surface area contributed by atoms with E-state index in [1.807, 2.05) is 0 Å². The van der Waals surface area contributed by atoms with E-state index in [0.717, 1.165) is 5.56 Å². The number of hydrogen-bond acceptors (Lipinski definition) is 3. The van der Waals surface area contributed by atoms with Crippen molar-refractivity contribution in [3.05, 3.63) is 35.1 Å². The summed E-state index contributed by atoms with van der Waals surface area (Å²) in [6, 6.07) is 4.29. The van der Waals surface area contributed by atoms with Crippen LogP contribution in [0.4, 0.5) is 4.39 Å². The minimum absolute atomic E-state index is 0.317. The van der Waals surface area contributed by atoms with Crippen LogP contribution in [-0.4, -0.2) is 23.3 Å². The summed E-state index contributed by atoms with van der Waals surface area (Å²) in [5.74, 6) is -1.76. The van der Waals surface area contributed by atoms with Gasteiger partial charge in [-0.05, 0) is 24.1 Å². The fourth-order valence-electron chi connectivity index (χ4n) is 2.16. The summed E-state index contributed by atoms with van der Waals surface area (Å²) in [6.45, 7) is 0.395. The summed E-state index contributed by atoms with van der Waals surface area (Å²) in [5, 5.41) is 0. The average molecular weight is 221 g/mol. The Labute approximate surface area is 90.6 Å². The zero-order valence-corrected chi connectivity index (χ0v) is 8.27. The van der Waals surface area contributed by atoms with Gasteiger partial charge in [0.2, 0.25) is 6.23 Å². The van der Waals surface area contributed by atoms with Gasteiger partial charge in [-0.1, -0.05) is 6.07 Å². The first-order valence-electron chi connectivity index (χ1n) is 4.97. The van der Waals surface area contributed by atoms with Crippen molar-refractivity contribution in [3.8, 4) is 0 Å². The van der Waals surface area contributed by atoms with E-state index < -0.39 is 18.1 Å². The molecule has 82 valence electrons. The van der Waals surface area contributed by atoms with Gasteiger partial charge < -0.3 is 4.74 Å². The van der Waals surface area contributed by atoms with Crippen molar-refractivity contribution in [2.24, 2.45) is 0 Å². The Bertz CT molecular complexity index is 500. The van der Waals surface area contributed by atoms with Crippen molar-refractivity contribution in [2.45, 2.75) is 12.6 Å². The highest BCUT2D eigenvalue weighted by Crippen LogP contribution is 2.34. The quantitative estimate of drug-likeness (QED) is 0.480. The Morgan fingerprint density at radius 2 is 2.19 bits per heavy atom. The normalized spacial score (nSPS) is 22.8. The second-order valence-electron chi connectivity index (χ2n) is 3.85. The standard InChI is InChI=1S/C11H8FNO3/c12-7-1-2-8-6(5-7)3-4-13-9(14)11(15)16-10(8)13/h1-2,5,10H,3-4H2. The van der Waals surface area contributed by atoms with Gasteiger partial charge in [-0.15, -0.1) is 0 Å². The molecule has 0 N–H and O–H groups in total. The highest BCUT2D eigenvalue weighted by Gasteiger charge is 2.43. The second kappa shape index (κ2) is 3.04. The van der Waals surface area contributed by atoms with E-state index in [1.54, 1.807) is 6.07 Å². The molecule has 2 aliphatic rings.